The average Bonchev–Trinajstić information content (AvgIpc) is 3.09. The number of nitrogens with one attached hydrogen (secondary N) is 1. The Morgan fingerprint density at radius 1 is 0.758 bits per heavy atom. The molecule has 3 aromatic rings. The molecule has 0 atom stereocenters. The van der Waals surface area contributed by atoms with Crippen LogP contribution < -0.4 is 10.1 Å². The van der Waals surface area contributed by atoms with Gasteiger partial charge in [-0.3, -0.25) is 24.1 Å². The molecule has 0 bridgehead atoms. The van der Waals surface area contributed by atoms with Gasteiger partial charge in [0.15, 0.2) is 0 Å². The first-order valence-electron chi connectivity index (χ1n) is 10.2. The van der Waals surface area contributed by atoms with Gasteiger partial charge in [0.1, 0.15) is 24.7 Å². The second-order valence-corrected chi connectivity index (χ2v) is 7.15. The first kappa shape index (κ1) is 21.8. The lowest BCUT2D eigenvalue weighted by Crippen LogP contribution is -2.35. The minimum Gasteiger partial charge on any atom is -0.462 e. The second-order valence-electron chi connectivity index (χ2n) is 7.15. The fraction of sp³-hybridized carbons (Fsp3) is 0.120. The lowest BCUT2D eigenvalue weighted by atomic mass is 10.1. The lowest BCUT2D eigenvalue weighted by Gasteiger charge is -2.14. The molecule has 1 N–H and O–H groups in total. The SMILES string of the molecule is O=C(CNC(=O)c1ccc(Oc2ccccc2)cc1)OCCN1C(=O)c2ccccc2C1=O. The summed E-state index contributed by atoms with van der Waals surface area (Å²) in [6.07, 6.45) is 0. The van der Waals surface area contributed by atoms with Crippen LogP contribution in [0.3, 0.4) is 0 Å². The number of benzene rings is 3. The van der Waals surface area contributed by atoms with Crippen LogP contribution in [0.1, 0.15) is 31.1 Å². The fourth-order valence-electron chi connectivity index (χ4n) is 3.30. The van der Waals surface area contributed by atoms with E-state index in [1.807, 2.05) is 30.3 Å². The Labute approximate surface area is 189 Å². The average molecular weight is 444 g/mol. The van der Waals surface area contributed by atoms with Crippen molar-refractivity contribution in [3.63, 3.8) is 0 Å². The number of hydrogen-bond acceptors (Lipinski definition) is 6. The van der Waals surface area contributed by atoms with Crippen molar-refractivity contribution >= 4 is 23.7 Å². The van der Waals surface area contributed by atoms with Crippen LogP contribution in [0.15, 0.2) is 78.9 Å². The monoisotopic (exact) mass is 444 g/mol. The Bertz CT molecular complexity index is 1160. The van der Waals surface area contributed by atoms with E-state index in [0.29, 0.717) is 28.2 Å². The zero-order chi connectivity index (χ0) is 23.2. The van der Waals surface area contributed by atoms with E-state index in [2.05, 4.69) is 5.32 Å². The lowest BCUT2D eigenvalue weighted by molar-refractivity contribution is -0.142. The fourth-order valence-corrected chi connectivity index (χ4v) is 3.30. The van der Waals surface area contributed by atoms with Crippen LogP contribution in [0, 0.1) is 0 Å². The van der Waals surface area contributed by atoms with Crippen LogP contribution in [0.2, 0.25) is 0 Å². The first-order chi connectivity index (χ1) is 16.0. The molecule has 1 heterocycles. The highest BCUT2D eigenvalue weighted by Crippen LogP contribution is 2.22. The molecule has 0 saturated heterocycles. The standard InChI is InChI=1S/C25H20N2O6/c28-22(32-15-14-27-24(30)20-8-4-5-9-21(20)25(27)31)16-26-23(29)17-10-12-19(13-11-17)33-18-6-2-1-3-7-18/h1-13H,14-16H2,(H,26,29). The topological polar surface area (TPSA) is 102 Å². The van der Waals surface area contributed by atoms with Crippen LogP contribution in [-0.4, -0.2) is 48.3 Å². The van der Waals surface area contributed by atoms with Gasteiger partial charge in [-0.2, -0.15) is 0 Å². The third-order valence-electron chi connectivity index (χ3n) is 4.94. The summed E-state index contributed by atoms with van der Waals surface area (Å²) >= 11 is 0. The van der Waals surface area contributed by atoms with Crippen molar-refractivity contribution in [1.82, 2.24) is 10.2 Å². The van der Waals surface area contributed by atoms with Crippen LogP contribution in [0.25, 0.3) is 0 Å². The molecule has 1 aliphatic rings. The summed E-state index contributed by atoms with van der Waals surface area (Å²) in [4.78, 5) is 49.8. The number of fused-ring (bicyclic) bond motifs is 1. The highest BCUT2D eigenvalue weighted by atomic mass is 16.5. The first-order valence-corrected chi connectivity index (χ1v) is 10.2. The van der Waals surface area contributed by atoms with Gasteiger partial charge in [0, 0.05) is 5.56 Å². The normalized spacial score (nSPS) is 12.3. The number of amides is 3. The number of carbonyl (C=O) groups is 4. The molecule has 3 aromatic carbocycles. The molecule has 0 aromatic heterocycles. The van der Waals surface area contributed by atoms with E-state index in [0.717, 1.165) is 4.90 Å². The highest BCUT2D eigenvalue weighted by Gasteiger charge is 2.34. The maximum absolute atomic E-state index is 12.3. The highest BCUT2D eigenvalue weighted by molar-refractivity contribution is 6.21. The predicted octanol–water partition coefficient (Wildman–Crippen LogP) is 3.05. The number of esters is 1. The van der Waals surface area contributed by atoms with Crippen LogP contribution >= 0.6 is 0 Å². The van der Waals surface area contributed by atoms with Crippen molar-refractivity contribution in [2.24, 2.45) is 0 Å². The zero-order valence-corrected chi connectivity index (χ0v) is 17.5. The molecule has 33 heavy (non-hydrogen) atoms. The van der Waals surface area contributed by atoms with E-state index in [1.165, 1.54) is 0 Å². The number of imide groups is 1. The summed E-state index contributed by atoms with van der Waals surface area (Å²) in [6, 6.07) is 22.2. The largest absolute Gasteiger partial charge is 0.462 e. The van der Waals surface area contributed by atoms with E-state index in [-0.39, 0.29) is 19.7 Å². The minimum absolute atomic E-state index is 0.0606. The molecule has 0 unspecified atom stereocenters. The molecule has 1 aliphatic heterocycles. The van der Waals surface area contributed by atoms with E-state index in [4.69, 9.17) is 9.47 Å². The zero-order valence-electron chi connectivity index (χ0n) is 17.5. The minimum atomic E-state index is -0.677. The molecule has 0 saturated carbocycles. The van der Waals surface area contributed by atoms with Gasteiger partial charge < -0.3 is 14.8 Å². The Morgan fingerprint density at radius 3 is 1.97 bits per heavy atom. The molecule has 3 amide bonds. The van der Waals surface area contributed by atoms with Gasteiger partial charge in [-0.25, -0.2) is 0 Å². The van der Waals surface area contributed by atoms with Gasteiger partial charge in [0.25, 0.3) is 17.7 Å². The number of ether oxygens (including phenoxy) is 2. The quantitative estimate of drug-likeness (QED) is 0.423. The Kier molecular flexibility index (Phi) is 6.45. The van der Waals surface area contributed by atoms with Gasteiger partial charge in [-0.05, 0) is 48.5 Å². The van der Waals surface area contributed by atoms with Crippen molar-refractivity contribution in [3.05, 3.63) is 95.6 Å². The van der Waals surface area contributed by atoms with E-state index >= 15 is 0 Å². The number of nitrogens with zero attached hydrogens (tertiary/aromatic N) is 1. The molecule has 0 spiro atoms. The number of rotatable bonds is 8. The molecule has 8 nitrogen and oxygen atoms in total. The Morgan fingerprint density at radius 2 is 1.33 bits per heavy atom. The smallest absolute Gasteiger partial charge is 0.325 e. The van der Waals surface area contributed by atoms with Crippen LogP contribution in [0.4, 0.5) is 0 Å². The summed E-state index contributed by atoms with van der Waals surface area (Å²) in [6.45, 7) is -0.566. The molecule has 0 radical (unpaired) electrons. The van der Waals surface area contributed by atoms with Crippen LogP contribution in [0.5, 0.6) is 11.5 Å². The third-order valence-corrected chi connectivity index (χ3v) is 4.94. The number of para-hydroxylation sites is 1. The summed E-state index contributed by atoms with van der Waals surface area (Å²) < 4.78 is 10.7. The van der Waals surface area contributed by atoms with E-state index in [9.17, 15) is 19.2 Å². The van der Waals surface area contributed by atoms with Crippen molar-refractivity contribution in [2.75, 3.05) is 19.7 Å². The molecule has 0 fully saturated rings. The summed E-state index contributed by atoms with van der Waals surface area (Å²) in [7, 11) is 0. The molecule has 166 valence electrons. The Hall–Kier alpha value is -4.46. The van der Waals surface area contributed by atoms with Gasteiger partial charge >= 0.3 is 5.97 Å². The van der Waals surface area contributed by atoms with Gasteiger partial charge in [-0.15, -0.1) is 0 Å². The van der Waals surface area contributed by atoms with Crippen molar-refractivity contribution in [1.29, 1.82) is 0 Å². The van der Waals surface area contributed by atoms with Gasteiger partial charge in [-0.1, -0.05) is 30.3 Å². The third kappa shape index (κ3) is 5.07. The van der Waals surface area contributed by atoms with Crippen molar-refractivity contribution < 1.29 is 28.7 Å². The predicted molar refractivity (Wildman–Crippen MR) is 118 cm³/mol. The van der Waals surface area contributed by atoms with Gasteiger partial charge in [0.05, 0.1) is 17.7 Å². The van der Waals surface area contributed by atoms with E-state index in [1.54, 1.807) is 48.5 Å². The number of hydrogen-bond donors (Lipinski definition) is 1. The van der Waals surface area contributed by atoms with Gasteiger partial charge in [0.2, 0.25) is 0 Å². The van der Waals surface area contributed by atoms with Crippen molar-refractivity contribution in [2.45, 2.75) is 0 Å². The maximum Gasteiger partial charge on any atom is 0.325 e. The summed E-state index contributed by atoms with van der Waals surface area (Å²) in [5.74, 6) is -0.703. The molecular weight excluding hydrogens is 424 g/mol. The molecule has 0 aliphatic carbocycles. The molecular formula is C25H20N2O6. The molecule has 8 heteroatoms. The van der Waals surface area contributed by atoms with E-state index < -0.39 is 23.7 Å². The van der Waals surface area contributed by atoms with Crippen molar-refractivity contribution in [3.8, 4) is 11.5 Å². The Balaban J connectivity index is 1.20. The van der Waals surface area contributed by atoms with Crippen LogP contribution in [-0.2, 0) is 9.53 Å². The summed E-state index contributed by atoms with van der Waals surface area (Å²) in [5.41, 5.74) is 1.02. The second kappa shape index (κ2) is 9.78. The summed E-state index contributed by atoms with van der Waals surface area (Å²) in [5, 5.41) is 2.48. The number of carbonyl (C=O) groups excluding carboxylic acids is 4. The molecule has 4 rings (SSSR count). The maximum atomic E-state index is 12.3.